The fourth-order valence-electron chi connectivity index (χ4n) is 5.10. The highest BCUT2D eigenvalue weighted by Crippen LogP contribution is 2.20. The molecule has 0 fully saturated rings. The Morgan fingerprint density at radius 1 is 0.625 bits per heavy atom. The number of imidazole rings is 1. The molecule has 0 spiro atoms. The van der Waals surface area contributed by atoms with E-state index in [9.17, 15) is 14.4 Å². The Kier molecular flexibility index (Phi) is 24.5. The van der Waals surface area contributed by atoms with Gasteiger partial charge < -0.3 is 52.4 Å². The maximum Gasteiger partial charge on any atom is 0.332 e. The van der Waals surface area contributed by atoms with E-state index in [4.69, 9.17) is 47.4 Å². The number of esters is 1. The van der Waals surface area contributed by atoms with Gasteiger partial charge in [-0.25, -0.2) is 14.6 Å². The molecule has 0 aliphatic heterocycles. The second-order valence-corrected chi connectivity index (χ2v) is 12.2. The molecule has 0 saturated heterocycles. The maximum absolute atomic E-state index is 13.0. The molecule has 0 aliphatic carbocycles. The van der Waals surface area contributed by atoms with Gasteiger partial charge in [-0.05, 0) is 24.5 Å². The number of nitrogens with one attached hydrogen (secondary N) is 1. The molecule has 2 aromatic heterocycles. The number of hydrogen-bond donors (Lipinski definition) is 1. The van der Waals surface area contributed by atoms with Gasteiger partial charge in [0.25, 0.3) is 5.56 Å². The quantitative estimate of drug-likeness (QED) is 0.0530. The number of rotatable bonds is 34. The summed E-state index contributed by atoms with van der Waals surface area (Å²) < 4.78 is 56.4. The third-order valence-electron chi connectivity index (χ3n) is 7.86. The van der Waals surface area contributed by atoms with Gasteiger partial charge in [-0.3, -0.25) is 13.9 Å². The van der Waals surface area contributed by atoms with E-state index in [1.165, 1.54) is 10.6 Å². The predicted molar refractivity (Wildman–Crippen MR) is 209 cm³/mol. The van der Waals surface area contributed by atoms with Crippen molar-refractivity contribution in [2.24, 2.45) is 0 Å². The van der Waals surface area contributed by atoms with Crippen LogP contribution in [0.15, 0.2) is 39.9 Å². The van der Waals surface area contributed by atoms with Gasteiger partial charge in [0, 0.05) is 31.8 Å². The van der Waals surface area contributed by atoms with Gasteiger partial charge in [0.2, 0.25) is 0 Å². The summed E-state index contributed by atoms with van der Waals surface area (Å²) in [5.74, 6) is -0.00559. The van der Waals surface area contributed by atoms with Crippen LogP contribution in [0.5, 0.6) is 0 Å². The number of carbonyl (C=O) groups excluding carboxylic acids is 1. The van der Waals surface area contributed by atoms with E-state index >= 15 is 0 Å². The second-order valence-electron chi connectivity index (χ2n) is 12.2. The number of aromatic amines is 1. The summed E-state index contributed by atoms with van der Waals surface area (Å²) >= 11 is 0. The molecule has 17 heteroatoms. The number of aromatic nitrogens is 4. The zero-order chi connectivity index (χ0) is 40.1. The van der Waals surface area contributed by atoms with Crippen molar-refractivity contribution in [2.75, 3.05) is 126 Å². The molecule has 0 amide bonds. The van der Waals surface area contributed by atoms with E-state index in [2.05, 4.69) is 9.97 Å². The topological polar surface area (TPSA) is 182 Å². The second kappa shape index (κ2) is 29.5. The minimum absolute atomic E-state index is 0.113. The minimum atomic E-state index is -0.489. The smallest absolute Gasteiger partial charge is 0.332 e. The summed E-state index contributed by atoms with van der Waals surface area (Å²) in [5, 5.41) is 0. The van der Waals surface area contributed by atoms with Gasteiger partial charge in [-0.2, -0.15) is 0 Å². The van der Waals surface area contributed by atoms with Crippen LogP contribution < -0.4 is 11.2 Å². The van der Waals surface area contributed by atoms with Gasteiger partial charge in [0.15, 0.2) is 5.65 Å². The summed E-state index contributed by atoms with van der Waals surface area (Å²) in [4.78, 5) is 45.8. The Morgan fingerprint density at radius 3 is 1.50 bits per heavy atom. The monoisotopic (exact) mass is 792 g/mol. The lowest BCUT2D eigenvalue weighted by Gasteiger charge is -2.09. The van der Waals surface area contributed by atoms with Gasteiger partial charge >= 0.3 is 11.7 Å². The molecule has 0 saturated carbocycles. The SMILES string of the molecule is CCCn1c(=O)c2[nH]c(-c3ccc(C=CC(=O)OCCOCCOCCOCCOCCOCCOCCOCCOCCOC)cc3)nc2n(CCC)c1=O. The summed E-state index contributed by atoms with van der Waals surface area (Å²) in [5.41, 5.74) is 1.45. The van der Waals surface area contributed by atoms with Crippen molar-refractivity contribution in [3.63, 3.8) is 0 Å². The van der Waals surface area contributed by atoms with Crippen molar-refractivity contribution >= 4 is 23.2 Å². The molecule has 3 aromatic rings. The van der Waals surface area contributed by atoms with E-state index in [1.54, 1.807) is 17.8 Å². The number of nitrogens with zero attached hydrogens (tertiary/aromatic N) is 3. The van der Waals surface area contributed by atoms with E-state index in [0.717, 1.165) is 17.5 Å². The Labute approximate surface area is 328 Å². The zero-order valence-corrected chi connectivity index (χ0v) is 33.2. The number of hydrogen-bond acceptors (Lipinski definition) is 14. The van der Waals surface area contributed by atoms with Crippen LogP contribution in [-0.4, -0.2) is 151 Å². The minimum Gasteiger partial charge on any atom is -0.460 e. The largest absolute Gasteiger partial charge is 0.460 e. The van der Waals surface area contributed by atoms with Crippen molar-refractivity contribution in [2.45, 2.75) is 39.8 Å². The van der Waals surface area contributed by atoms with Crippen molar-refractivity contribution in [3.8, 4) is 11.4 Å². The summed E-state index contributed by atoms with van der Waals surface area (Å²) in [6.07, 6.45) is 4.39. The Balaban J connectivity index is 1.14. The van der Waals surface area contributed by atoms with E-state index in [-0.39, 0.29) is 24.5 Å². The number of fused-ring (bicyclic) bond motifs is 1. The lowest BCUT2D eigenvalue weighted by molar-refractivity contribution is -0.139. The highest BCUT2D eigenvalue weighted by Gasteiger charge is 2.17. The first-order valence-electron chi connectivity index (χ1n) is 19.3. The molecule has 1 N–H and O–H groups in total. The normalized spacial score (nSPS) is 11.7. The number of aryl methyl sites for hydroxylation is 1. The molecule has 56 heavy (non-hydrogen) atoms. The lowest BCUT2D eigenvalue weighted by Crippen LogP contribution is -2.40. The number of carbonyl (C=O) groups is 1. The van der Waals surface area contributed by atoms with E-state index in [0.29, 0.717) is 142 Å². The molecule has 1 aromatic carbocycles. The van der Waals surface area contributed by atoms with Crippen LogP contribution in [-0.2, 0) is 65.3 Å². The molecule has 0 atom stereocenters. The Morgan fingerprint density at radius 2 is 1.05 bits per heavy atom. The average molecular weight is 793 g/mol. The first-order valence-corrected chi connectivity index (χ1v) is 19.3. The lowest BCUT2D eigenvalue weighted by atomic mass is 10.1. The Hall–Kier alpha value is -3.78. The van der Waals surface area contributed by atoms with Crippen LogP contribution in [0, 0.1) is 0 Å². The molecule has 0 bridgehead atoms. The first-order chi connectivity index (χ1) is 27.5. The number of H-pyrrole nitrogens is 1. The molecule has 0 radical (unpaired) electrons. The average Bonchev–Trinajstić information content (AvgIpc) is 3.66. The van der Waals surface area contributed by atoms with Crippen LogP contribution in [0.1, 0.15) is 32.3 Å². The van der Waals surface area contributed by atoms with Crippen LogP contribution in [0.3, 0.4) is 0 Å². The molecule has 3 rings (SSSR count). The third-order valence-corrected chi connectivity index (χ3v) is 7.86. The Bertz CT molecular complexity index is 1640. The van der Waals surface area contributed by atoms with Crippen molar-refractivity contribution in [1.82, 2.24) is 19.1 Å². The summed E-state index contributed by atoms with van der Waals surface area (Å²) in [6.45, 7) is 12.8. The molecule has 2 heterocycles. The summed E-state index contributed by atoms with van der Waals surface area (Å²) in [6, 6.07) is 7.30. The number of ether oxygens (including phenoxy) is 10. The van der Waals surface area contributed by atoms with Crippen LogP contribution >= 0.6 is 0 Å². The molecular weight excluding hydrogens is 732 g/mol. The van der Waals surface area contributed by atoms with E-state index in [1.807, 2.05) is 38.1 Å². The molecule has 17 nitrogen and oxygen atoms in total. The van der Waals surface area contributed by atoms with Crippen LogP contribution in [0.25, 0.3) is 28.6 Å². The van der Waals surface area contributed by atoms with Gasteiger partial charge in [0.1, 0.15) is 17.9 Å². The zero-order valence-electron chi connectivity index (χ0n) is 33.2. The highest BCUT2D eigenvalue weighted by atomic mass is 16.6. The van der Waals surface area contributed by atoms with Crippen molar-refractivity contribution in [1.29, 1.82) is 0 Å². The standard InChI is InChI=1S/C39H60N4O13/c1-4-12-42-37-35(38(45)43(13-5-2)39(42)46)40-36(41-37)33-9-6-32(7-10-33)8-11-34(44)56-31-30-55-29-28-54-27-26-53-25-24-52-23-22-51-21-20-50-19-18-49-17-16-48-15-14-47-3/h6-11H,4-5,12-31H2,1-3H3,(H,40,41). The molecular formula is C39H60N4O13. The molecule has 0 unspecified atom stereocenters. The fraction of sp³-hybridized carbons (Fsp3) is 0.641. The first kappa shape index (κ1) is 46.6. The maximum atomic E-state index is 13.0. The number of benzene rings is 1. The van der Waals surface area contributed by atoms with Gasteiger partial charge in [-0.1, -0.05) is 38.1 Å². The van der Waals surface area contributed by atoms with Gasteiger partial charge in [0.05, 0.1) is 112 Å². The van der Waals surface area contributed by atoms with Crippen molar-refractivity contribution in [3.05, 3.63) is 56.7 Å². The third kappa shape index (κ3) is 18.0. The number of methoxy groups -OCH3 is 1. The van der Waals surface area contributed by atoms with Crippen LogP contribution in [0.4, 0.5) is 0 Å². The van der Waals surface area contributed by atoms with E-state index < -0.39 is 5.97 Å². The summed E-state index contributed by atoms with van der Waals surface area (Å²) in [7, 11) is 1.64. The van der Waals surface area contributed by atoms with Crippen molar-refractivity contribution < 1.29 is 52.2 Å². The van der Waals surface area contributed by atoms with Crippen LogP contribution in [0.2, 0.25) is 0 Å². The highest BCUT2D eigenvalue weighted by molar-refractivity contribution is 5.87. The molecule has 0 aliphatic rings. The predicted octanol–water partition coefficient (Wildman–Crippen LogP) is 2.71. The molecule has 314 valence electrons. The fourth-order valence-corrected chi connectivity index (χ4v) is 5.10. The van der Waals surface area contributed by atoms with Gasteiger partial charge in [-0.15, -0.1) is 0 Å².